The second-order valence-electron chi connectivity index (χ2n) is 5.72. The molecule has 3 rings (SSSR count). The standard InChI is InChI=1S/C19H19BrN4/c20-16-9-10-19-23-13-17(24(19)14-16)12-22-18(8-4-5-11-21)15-6-2-1-3-7-15/h1-3,6-7,9-10,13-14,18,22H,4-5,8,12H2. The first-order chi connectivity index (χ1) is 11.8. The first-order valence-corrected chi connectivity index (χ1v) is 8.84. The number of pyridine rings is 1. The van der Waals surface area contributed by atoms with Crippen molar-refractivity contribution >= 4 is 21.6 Å². The first kappa shape index (κ1) is 16.7. The van der Waals surface area contributed by atoms with E-state index in [9.17, 15) is 0 Å². The van der Waals surface area contributed by atoms with E-state index in [1.165, 1.54) is 5.56 Å². The Labute approximate surface area is 150 Å². The van der Waals surface area contributed by atoms with Crippen LogP contribution in [0.25, 0.3) is 5.65 Å². The molecule has 0 aliphatic carbocycles. The number of unbranched alkanes of at least 4 members (excludes halogenated alkanes) is 1. The van der Waals surface area contributed by atoms with E-state index in [0.29, 0.717) is 6.42 Å². The highest BCUT2D eigenvalue weighted by atomic mass is 79.9. The molecule has 0 aliphatic rings. The molecule has 0 radical (unpaired) electrons. The number of nitriles is 1. The Morgan fingerprint density at radius 1 is 1.21 bits per heavy atom. The summed E-state index contributed by atoms with van der Waals surface area (Å²) < 4.78 is 3.12. The van der Waals surface area contributed by atoms with Crippen LogP contribution in [-0.2, 0) is 6.54 Å². The number of rotatable bonds is 7. The summed E-state index contributed by atoms with van der Waals surface area (Å²) in [5.74, 6) is 0. The van der Waals surface area contributed by atoms with Gasteiger partial charge in [0.15, 0.2) is 0 Å². The molecule has 3 aromatic rings. The molecule has 0 bridgehead atoms. The Morgan fingerprint density at radius 3 is 2.83 bits per heavy atom. The van der Waals surface area contributed by atoms with Crippen molar-refractivity contribution in [1.82, 2.24) is 14.7 Å². The van der Waals surface area contributed by atoms with Gasteiger partial charge in [-0.05, 0) is 46.5 Å². The second kappa shape index (κ2) is 8.09. The third-order valence-electron chi connectivity index (χ3n) is 4.06. The van der Waals surface area contributed by atoms with Gasteiger partial charge in [0.25, 0.3) is 0 Å². The van der Waals surface area contributed by atoms with Gasteiger partial charge in [0, 0.05) is 29.7 Å². The van der Waals surface area contributed by atoms with Crippen LogP contribution in [0.5, 0.6) is 0 Å². The Kier molecular flexibility index (Phi) is 5.63. The van der Waals surface area contributed by atoms with Crippen LogP contribution < -0.4 is 5.32 Å². The lowest BCUT2D eigenvalue weighted by Gasteiger charge is -2.19. The van der Waals surface area contributed by atoms with Crippen molar-refractivity contribution in [2.75, 3.05) is 0 Å². The minimum atomic E-state index is 0.234. The number of fused-ring (bicyclic) bond motifs is 1. The molecule has 122 valence electrons. The van der Waals surface area contributed by atoms with Crippen LogP contribution in [0.15, 0.2) is 59.3 Å². The van der Waals surface area contributed by atoms with Crippen molar-refractivity contribution in [2.45, 2.75) is 31.8 Å². The fraction of sp³-hybridized carbons (Fsp3) is 0.263. The summed E-state index contributed by atoms with van der Waals surface area (Å²) in [6.45, 7) is 0.726. The van der Waals surface area contributed by atoms with Crippen molar-refractivity contribution in [1.29, 1.82) is 5.26 Å². The predicted octanol–water partition coefficient (Wildman–Crippen LogP) is 4.62. The number of nitrogens with zero attached hydrogens (tertiary/aromatic N) is 3. The van der Waals surface area contributed by atoms with Gasteiger partial charge in [-0.3, -0.25) is 0 Å². The van der Waals surface area contributed by atoms with Gasteiger partial charge in [0.05, 0.1) is 18.0 Å². The van der Waals surface area contributed by atoms with E-state index < -0.39 is 0 Å². The highest BCUT2D eigenvalue weighted by Crippen LogP contribution is 2.20. The van der Waals surface area contributed by atoms with Crippen molar-refractivity contribution < 1.29 is 0 Å². The second-order valence-corrected chi connectivity index (χ2v) is 6.64. The number of benzene rings is 1. The maximum Gasteiger partial charge on any atom is 0.136 e. The van der Waals surface area contributed by atoms with Crippen LogP contribution in [0.3, 0.4) is 0 Å². The normalized spacial score (nSPS) is 12.2. The minimum Gasteiger partial charge on any atom is -0.304 e. The van der Waals surface area contributed by atoms with Gasteiger partial charge in [-0.25, -0.2) is 4.98 Å². The molecular formula is C19H19BrN4. The quantitative estimate of drug-likeness (QED) is 0.606. The highest BCUT2D eigenvalue weighted by Gasteiger charge is 2.12. The maximum atomic E-state index is 8.79. The lowest BCUT2D eigenvalue weighted by Crippen LogP contribution is -2.21. The van der Waals surface area contributed by atoms with Crippen LogP contribution in [-0.4, -0.2) is 9.38 Å². The molecule has 24 heavy (non-hydrogen) atoms. The third-order valence-corrected chi connectivity index (χ3v) is 4.53. The third kappa shape index (κ3) is 4.02. The number of nitrogens with one attached hydrogen (secondary N) is 1. The van der Waals surface area contributed by atoms with Crippen molar-refractivity contribution in [3.05, 3.63) is 70.6 Å². The van der Waals surface area contributed by atoms with Crippen molar-refractivity contribution in [3.63, 3.8) is 0 Å². The molecule has 4 nitrogen and oxygen atoms in total. The number of hydrogen-bond donors (Lipinski definition) is 1. The van der Waals surface area contributed by atoms with Crippen LogP contribution in [0.1, 0.15) is 36.6 Å². The molecule has 1 atom stereocenters. The molecule has 0 amide bonds. The predicted molar refractivity (Wildman–Crippen MR) is 98.4 cm³/mol. The van der Waals surface area contributed by atoms with Gasteiger partial charge in [-0.2, -0.15) is 5.26 Å². The molecule has 1 aromatic carbocycles. The lowest BCUT2D eigenvalue weighted by atomic mass is 10.0. The van der Waals surface area contributed by atoms with Gasteiger partial charge in [-0.1, -0.05) is 30.3 Å². The Morgan fingerprint density at radius 2 is 2.04 bits per heavy atom. The molecule has 0 aliphatic heterocycles. The summed E-state index contributed by atoms with van der Waals surface area (Å²) in [5.41, 5.74) is 3.31. The Balaban J connectivity index is 1.74. The van der Waals surface area contributed by atoms with E-state index in [4.69, 9.17) is 5.26 Å². The Bertz CT molecular complexity index is 835. The van der Waals surface area contributed by atoms with Gasteiger partial charge >= 0.3 is 0 Å². The number of halogens is 1. The lowest BCUT2D eigenvalue weighted by molar-refractivity contribution is 0.482. The number of imidazole rings is 1. The summed E-state index contributed by atoms with van der Waals surface area (Å²) >= 11 is 3.51. The van der Waals surface area contributed by atoms with E-state index >= 15 is 0 Å². The van der Waals surface area contributed by atoms with Crippen LogP contribution in [0.2, 0.25) is 0 Å². The molecule has 5 heteroatoms. The minimum absolute atomic E-state index is 0.234. The number of aromatic nitrogens is 2. The summed E-state index contributed by atoms with van der Waals surface area (Å²) in [4.78, 5) is 4.44. The zero-order valence-corrected chi connectivity index (χ0v) is 14.9. The molecule has 0 fully saturated rings. The molecular weight excluding hydrogens is 364 g/mol. The molecule has 0 saturated carbocycles. The average molecular weight is 383 g/mol. The molecule has 1 N–H and O–H groups in total. The zero-order chi connectivity index (χ0) is 16.8. The molecule has 2 heterocycles. The van der Waals surface area contributed by atoms with Crippen LogP contribution in [0.4, 0.5) is 0 Å². The largest absolute Gasteiger partial charge is 0.304 e. The van der Waals surface area contributed by atoms with Gasteiger partial charge < -0.3 is 9.72 Å². The summed E-state index contributed by atoms with van der Waals surface area (Å²) in [7, 11) is 0. The zero-order valence-electron chi connectivity index (χ0n) is 13.3. The topological polar surface area (TPSA) is 53.1 Å². The monoisotopic (exact) mass is 382 g/mol. The number of hydrogen-bond acceptors (Lipinski definition) is 3. The molecule has 1 unspecified atom stereocenters. The SMILES string of the molecule is N#CCCCC(NCc1cnc2ccc(Br)cn12)c1ccccc1. The van der Waals surface area contributed by atoms with E-state index in [1.54, 1.807) is 0 Å². The highest BCUT2D eigenvalue weighted by molar-refractivity contribution is 9.10. The van der Waals surface area contributed by atoms with Gasteiger partial charge in [-0.15, -0.1) is 0 Å². The Hall–Kier alpha value is -2.16. The molecule has 0 spiro atoms. The van der Waals surface area contributed by atoms with E-state index in [0.717, 1.165) is 35.2 Å². The molecule has 2 aromatic heterocycles. The van der Waals surface area contributed by atoms with Gasteiger partial charge in [0.2, 0.25) is 0 Å². The van der Waals surface area contributed by atoms with Crippen LogP contribution >= 0.6 is 15.9 Å². The fourth-order valence-electron chi connectivity index (χ4n) is 2.82. The van der Waals surface area contributed by atoms with E-state index in [-0.39, 0.29) is 6.04 Å². The fourth-order valence-corrected chi connectivity index (χ4v) is 3.16. The summed E-state index contributed by atoms with van der Waals surface area (Å²) in [6.07, 6.45) is 6.37. The summed E-state index contributed by atoms with van der Waals surface area (Å²) in [6, 6.07) is 16.9. The van der Waals surface area contributed by atoms with Crippen LogP contribution in [0, 0.1) is 11.3 Å². The molecule has 0 saturated heterocycles. The van der Waals surface area contributed by atoms with Gasteiger partial charge in [0.1, 0.15) is 5.65 Å². The van der Waals surface area contributed by atoms with Crippen molar-refractivity contribution in [2.24, 2.45) is 0 Å². The smallest absolute Gasteiger partial charge is 0.136 e. The first-order valence-electron chi connectivity index (χ1n) is 8.04. The average Bonchev–Trinajstić information content (AvgIpc) is 3.01. The van der Waals surface area contributed by atoms with E-state index in [1.807, 2.05) is 30.6 Å². The van der Waals surface area contributed by atoms with E-state index in [2.05, 4.69) is 61.0 Å². The van der Waals surface area contributed by atoms with Crippen molar-refractivity contribution in [3.8, 4) is 6.07 Å². The summed E-state index contributed by atoms with van der Waals surface area (Å²) in [5, 5.41) is 12.4. The maximum absolute atomic E-state index is 8.79.